The minimum absolute atomic E-state index is 0.0792. The zero-order valence-electron chi connectivity index (χ0n) is 18.0. The summed E-state index contributed by atoms with van der Waals surface area (Å²) in [6.45, 7) is 6.66. The molecule has 0 heterocycles. The van der Waals surface area contributed by atoms with Crippen LogP contribution in [0.2, 0.25) is 0 Å². The number of likely N-dealkylation sites (N-methyl/N-ethyl adjacent to an activating group) is 1. The van der Waals surface area contributed by atoms with Crippen molar-refractivity contribution < 1.29 is 19.1 Å². The number of ether oxygens (including phenoxy) is 2. The molecule has 2 aromatic rings. The van der Waals surface area contributed by atoms with Gasteiger partial charge >= 0.3 is 0 Å². The number of carbonyl (C=O) groups is 2. The van der Waals surface area contributed by atoms with Crippen molar-refractivity contribution in [3.05, 3.63) is 65.4 Å². The average Bonchev–Trinajstić information content (AvgIpc) is 2.74. The highest BCUT2D eigenvalue weighted by Gasteiger charge is 2.14. The van der Waals surface area contributed by atoms with E-state index >= 15 is 0 Å². The third-order valence-electron chi connectivity index (χ3n) is 4.17. The molecule has 0 aliphatic carbocycles. The molecule has 2 amide bonds. The summed E-state index contributed by atoms with van der Waals surface area (Å²) in [5.74, 6) is 0.704. The van der Waals surface area contributed by atoms with Gasteiger partial charge in [0.25, 0.3) is 11.8 Å². The molecule has 0 fully saturated rings. The van der Waals surface area contributed by atoms with Crippen LogP contribution in [0.5, 0.6) is 11.5 Å². The molecule has 0 saturated heterocycles. The fourth-order valence-electron chi connectivity index (χ4n) is 2.61. The van der Waals surface area contributed by atoms with Gasteiger partial charge < -0.3 is 20.1 Å². The quantitative estimate of drug-likeness (QED) is 0.455. The van der Waals surface area contributed by atoms with E-state index in [2.05, 4.69) is 17.6 Å². The molecule has 0 aliphatic heterocycles. The van der Waals surface area contributed by atoms with Crippen LogP contribution in [0.4, 0.5) is 0 Å². The third-order valence-corrected chi connectivity index (χ3v) is 4.17. The van der Waals surface area contributed by atoms with Gasteiger partial charge in [0.15, 0.2) is 0 Å². The number of benzene rings is 2. The summed E-state index contributed by atoms with van der Waals surface area (Å²) in [5, 5.41) is 5.24. The molecule has 0 atom stereocenters. The molecule has 0 unspecified atom stereocenters. The summed E-state index contributed by atoms with van der Waals surface area (Å²) in [7, 11) is 1.52. The van der Waals surface area contributed by atoms with Gasteiger partial charge in [-0.1, -0.05) is 25.5 Å². The van der Waals surface area contributed by atoms with E-state index in [1.165, 1.54) is 7.05 Å². The van der Waals surface area contributed by atoms with Crippen LogP contribution in [0.15, 0.2) is 54.2 Å². The van der Waals surface area contributed by atoms with E-state index in [0.29, 0.717) is 17.9 Å². The molecule has 0 bridgehead atoms. The first-order chi connectivity index (χ1) is 14.4. The molecule has 0 spiro atoms. The molecule has 0 saturated carbocycles. The molecule has 0 aliphatic rings. The second kappa shape index (κ2) is 11.7. The molecular weight excluding hydrogens is 380 g/mol. The Morgan fingerprint density at radius 2 is 1.63 bits per heavy atom. The average molecular weight is 411 g/mol. The molecule has 6 nitrogen and oxygen atoms in total. The Hall–Kier alpha value is -3.28. The van der Waals surface area contributed by atoms with Crippen LogP contribution in [0.1, 0.15) is 49.5 Å². The van der Waals surface area contributed by atoms with Gasteiger partial charge in [-0.05, 0) is 68.3 Å². The lowest BCUT2D eigenvalue weighted by molar-refractivity contribution is -0.117. The maximum absolute atomic E-state index is 12.6. The van der Waals surface area contributed by atoms with E-state index in [1.54, 1.807) is 30.3 Å². The van der Waals surface area contributed by atoms with Crippen LogP contribution in [0.3, 0.4) is 0 Å². The lowest BCUT2D eigenvalue weighted by Crippen LogP contribution is -2.33. The number of nitrogens with one attached hydrogen (secondary N) is 2. The van der Waals surface area contributed by atoms with Crippen molar-refractivity contribution >= 4 is 17.9 Å². The van der Waals surface area contributed by atoms with Crippen LogP contribution in [0, 0.1) is 0 Å². The van der Waals surface area contributed by atoms with Crippen LogP contribution in [-0.4, -0.2) is 31.6 Å². The topological polar surface area (TPSA) is 76.7 Å². The van der Waals surface area contributed by atoms with Crippen LogP contribution >= 0.6 is 0 Å². The molecular formula is C24H30N2O4. The van der Waals surface area contributed by atoms with Gasteiger partial charge in [0, 0.05) is 12.6 Å². The summed E-state index contributed by atoms with van der Waals surface area (Å²) in [5.41, 5.74) is 1.36. The lowest BCUT2D eigenvalue weighted by Gasteiger charge is -2.11. The highest BCUT2D eigenvalue weighted by atomic mass is 16.5. The van der Waals surface area contributed by atoms with Crippen LogP contribution in [0.25, 0.3) is 6.08 Å². The van der Waals surface area contributed by atoms with Crippen molar-refractivity contribution in [2.75, 3.05) is 13.7 Å². The summed E-state index contributed by atoms with van der Waals surface area (Å²) in [6, 6.07) is 14.2. The van der Waals surface area contributed by atoms with Gasteiger partial charge in [-0.2, -0.15) is 0 Å². The number of hydrogen-bond donors (Lipinski definition) is 2. The Kier molecular flexibility index (Phi) is 8.94. The minimum atomic E-state index is -0.384. The van der Waals surface area contributed by atoms with Crippen molar-refractivity contribution in [1.82, 2.24) is 10.6 Å². The van der Waals surface area contributed by atoms with Gasteiger partial charge in [0.05, 0.1) is 12.7 Å². The van der Waals surface area contributed by atoms with Gasteiger partial charge in [0.2, 0.25) is 0 Å². The summed E-state index contributed by atoms with van der Waals surface area (Å²) < 4.78 is 11.2. The first kappa shape index (κ1) is 23.0. The zero-order valence-corrected chi connectivity index (χ0v) is 18.0. The van der Waals surface area contributed by atoms with E-state index in [1.807, 2.05) is 38.1 Å². The van der Waals surface area contributed by atoms with E-state index < -0.39 is 0 Å². The number of amides is 2. The zero-order chi connectivity index (χ0) is 21.9. The van der Waals surface area contributed by atoms with E-state index in [9.17, 15) is 9.59 Å². The molecule has 2 rings (SSSR count). The highest BCUT2D eigenvalue weighted by molar-refractivity contribution is 6.05. The highest BCUT2D eigenvalue weighted by Crippen LogP contribution is 2.16. The maximum Gasteiger partial charge on any atom is 0.267 e. The van der Waals surface area contributed by atoms with Gasteiger partial charge in [0.1, 0.15) is 17.2 Å². The van der Waals surface area contributed by atoms with E-state index in [-0.39, 0.29) is 23.6 Å². The molecule has 160 valence electrons. The minimum Gasteiger partial charge on any atom is -0.494 e. The predicted molar refractivity (Wildman–Crippen MR) is 119 cm³/mol. The fraction of sp³-hybridized carbons (Fsp3) is 0.333. The Morgan fingerprint density at radius 1 is 1.00 bits per heavy atom. The third kappa shape index (κ3) is 7.28. The molecule has 2 aromatic carbocycles. The molecule has 0 radical (unpaired) electrons. The first-order valence-corrected chi connectivity index (χ1v) is 10.2. The number of carbonyl (C=O) groups excluding carboxylic acids is 2. The lowest BCUT2D eigenvalue weighted by atomic mass is 10.1. The fourth-order valence-corrected chi connectivity index (χ4v) is 2.61. The SMILES string of the molecule is CCCCOc1ccc(C(=O)N/C(=C/c2ccc(OC(C)C)cc2)C(=O)NC)cc1. The maximum atomic E-state index is 12.6. The Morgan fingerprint density at radius 3 is 2.20 bits per heavy atom. The van der Waals surface area contributed by atoms with Gasteiger partial charge in [-0.15, -0.1) is 0 Å². The van der Waals surface area contributed by atoms with Gasteiger partial charge in [-0.3, -0.25) is 9.59 Å². The Balaban J connectivity index is 2.11. The Labute approximate surface area is 178 Å². The first-order valence-electron chi connectivity index (χ1n) is 10.2. The van der Waals surface area contributed by atoms with Crippen molar-refractivity contribution in [2.45, 2.75) is 39.7 Å². The normalized spacial score (nSPS) is 11.2. The van der Waals surface area contributed by atoms with E-state index in [4.69, 9.17) is 9.47 Å². The van der Waals surface area contributed by atoms with Crippen molar-refractivity contribution in [3.63, 3.8) is 0 Å². The number of hydrogen-bond acceptors (Lipinski definition) is 4. The molecule has 6 heteroatoms. The van der Waals surface area contributed by atoms with Crippen molar-refractivity contribution in [2.24, 2.45) is 0 Å². The molecule has 2 N–H and O–H groups in total. The monoisotopic (exact) mass is 410 g/mol. The summed E-state index contributed by atoms with van der Waals surface area (Å²) in [6.07, 6.45) is 3.74. The molecule has 30 heavy (non-hydrogen) atoms. The number of unbranched alkanes of at least 4 members (excludes halogenated alkanes) is 1. The van der Waals surface area contributed by atoms with E-state index in [0.717, 1.165) is 24.2 Å². The molecule has 0 aromatic heterocycles. The van der Waals surface area contributed by atoms with Crippen molar-refractivity contribution in [3.8, 4) is 11.5 Å². The summed E-state index contributed by atoms with van der Waals surface area (Å²) in [4.78, 5) is 24.9. The second-order valence-electron chi connectivity index (χ2n) is 7.05. The van der Waals surface area contributed by atoms with Crippen LogP contribution in [-0.2, 0) is 4.79 Å². The largest absolute Gasteiger partial charge is 0.494 e. The Bertz CT molecular complexity index is 856. The second-order valence-corrected chi connectivity index (χ2v) is 7.05. The van der Waals surface area contributed by atoms with Crippen molar-refractivity contribution in [1.29, 1.82) is 0 Å². The number of rotatable bonds is 10. The predicted octanol–water partition coefficient (Wildman–Crippen LogP) is 4.17. The smallest absolute Gasteiger partial charge is 0.267 e. The standard InChI is InChI=1S/C24H30N2O4/c1-5-6-15-29-20-13-9-19(10-14-20)23(27)26-22(24(28)25-4)16-18-7-11-21(12-8-18)30-17(2)3/h7-14,16-17H,5-6,15H2,1-4H3,(H,25,28)(H,26,27)/b22-16+. The summed E-state index contributed by atoms with van der Waals surface area (Å²) >= 11 is 0. The van der Waals surface area contributed by atoms with Crippen LogP contribution < -0.4 is 20.1 Å². The van der Waals surface area contributed by atoms with Gasteiger partial charge in [-0.25, -0.2) is 0 Å².